The molecule has 1 heterocycles. The number of nitrogens with one attached hydrogen (secondary N) is 1. The van der Waals surface area contributed by atoms with Crippen molar-refractivity contribution in [3.8, 4) is 0 Å². The monoisotopic (exact) mass is 318 g/mol. The predicted octanol–water partition coefficient (Wildman–Crippen LogP) is 3.23. The highest BCUT2D eigenvalue weighted by atomic mass is 79.9. The quantitative estimate of drug-likeness (QED) is 0.925. The second-order valence-electron chi connectivity index (χ2n) is 2.95. The molecule has 0 radical (unpaired) electrons. The number of halogens is 2. The Morgan fingerprint density at radius 1 is 1.36 bits per heavy atom. The molecule has 1 rings (SSSR count). The maximum Gasteiger partial charge on any atom is 0.0442 e. The molecule has 1 N–H and O–H groups in total. The fraction of sp³-hybridized carbons (Fsp3) is 0.300. The number of hydrogen-bond donors (Lipinski definition) is 1. The summed E-state index contributed by atoms with van der Waals surface area (Å²) in [4.78, 5) is 4.05. The van der Waals surface area contributed by atoms with Gasteiger partial charge in [0, 0.05) is 32.9 Å². The molecular weight excluding hydrogens is 308 g/mol. The van der Waals surface area contributed by atoms with E-state index in [1.807, 2.05) is 7.05 Å². The molecule has 0 bridgehead atoms. The van der Waals surface area contributed by atoms with E-state index in [2.05, 4.69) is 61.2 Å². The summed E-state index contributed by atoms with van der Waals surface area (Å²) >= 11 is 6.91. The molecule has 0 aliphatic rings. The molecule has 0 aliphatic carbocycles. The smallest absolute Gasteiger partial charge is 0.0442 e. The molecule has 2 nitrogen and oxygen atoms in total. The Morgan fingerprint density at radius 2 is 1.93 bits per heavy atom. The van der Waals surface area contributed by atoms with E-state index in [4.69, 9.17) is 0 Å². The highest BCUT2D eigenvalue weighted by Crippen LogP contribution is 2.25. The Labute approximate surface area is 101 Å². The van der Waals surface area contributed by atoms with E-state index >= 15 is 0 Å². The fourth-order valence-electron chi connectivity index (χ4n) is 0.917. The predicted molar refractivity (Wildman–Crippen MR) is 67.2 cm³/mol. The molecule has 0 aliphatic heterocycles. The average molecular weight is 320 g/mol. The van der Waals surface area contributed by atoms with Crippen molar-refractivity contribution in [2.75, 3.05) is 7.05 Å². The van der Waals surface area contributed by atoms with Gasteiger partial charge in [0.2, 0.25) is 0 Å². The van der Waals surface area contributed by atoms with E-state index in [0.29, 0.717) is 6.04 Å². The zero-order chi connectivity index (χ0) is 10.6. The Hall–Kier alpha value is -0.190. The van der Waals surface area contributed by atoms with Gasteiger partial charge in [-0.05, 0) is 45.8 Å². The van der Waals surface area contributed by atoms with Gasteiger partial charge in [0.1, 0.15) is 0 Å². The topological polar surface area (TPSA) is 24.9 Å². The number of pyridine rings is 1. The lowest BCUT2D eigenvalue weighted by Crippen LogP contribution is -2.17. The van der Waals surface area contributed by atoms with E-state index in [0.717, 1.165) is 14.5 Å². The summed E-state index contributed by atoms with van der Waals surface area (Å²) in [6, 6.07) is 0.363. The molecule has 0 saturated heterocycles. The first-order valence-corrected chi connectivity index (χ1v) is 5.88. The standard InChI is InChI=1S/C10H12Br2N2/c1-7(13-2)3-4-8-9(11)5-14-6-10(8)12/h3-7,13H,1-2H3/b4-3+. The van der Waals surface area contributed by atoms with Crippen molar-refractivity contribution < 1.29 is 0 Å². The minimum absolute atomic E-state index is 0.363. The third kappa shape index (κ3) is 3.19. The first-order valence-electron chi connectivity index (χ1n) is 4.29. The molecule has 76 valence electrons. The number of aromatic nitrogens is 1. The number of rotatable bonds is 3. The molecule has 1 aromatic rings. The summed E-state index contributed by atoms with van der Waals surface area (Å²) in [6.07, 6.45) is 7.74. The van der Waals surface area contributed by atoms with Gasteiger partial charge in [0.15, 0.2) is 0 Å². The number of hydrogen-bond acceptors (Lipinski definition) is 2. The number of nitrogens with zero attached hydrogens (tertiary/aromatic N) is 1. The Morgan fingerprint density at radius 3 is 2.43 bits per heavy atom. The van der Waals surface area contributed by atoms with E-state index in [1.54, 1.807) is 12.4 Å². The lowest BCUT2D eigenvalue weighted by Gasteiger charge is -2.04. The van der Waals surface area contributed by atoms with Crippen LogP contribution in [0.25, 0.3) is 6.08 Å². The summed E-state index contributed by atoms with van der Waals surface area (Å²) in [5.41, 5.74) is 1.11. The van der Waals surface area contributed by atoms with E-state index < -0.39 is 0 Å². The van der Waals surface area contributed by atoms with Gasteiger partial charge >= 0.3 is 0 Å². The minimum Gasteiger partial charge on any atom is -0.314 e. The molecule has 4 heteroatoms. The molecule has 1 unspecified atom stereocenters. The number of likely N-dealkylation sites (N-methyl/N-ethyl adjacent to an activating group) is 1. The molecule has 14 heavy (non-hydrogen) atoms. The van der Waals surface area contributed by atoms with Gasteiger partial charge in [0.25, 0.3) is 0 Å². The van der Waals surface area contributed by atoms with Crippen molar-refractivity contribution in [2.45, 2.75) is 13.0 Å². The lowest BCUT2D eigenvalue weighted by atomic mass is 10.2. The van der Waals surface area contributed by atoms with Crippen LogP contribution < -0.4 is 5.32 Å². The zero-order valence-corrected chi connectivity index (χ0v) is 11.3. The zero-order valence-electron chi connectivity index (χ0n) is 8.09. The summed E-state index contributed by atoms with van der Waals surface area (Å²) < 4.78 is 1.98. The van der Waals surface area contributed by atoms with Crippen LogP contribution in [0.2, 0.25) is 0 Å². The summed E-state index contributed by atoms with van der Waals surface area (Å²) in [5.74, 6) is 0. The van der Waals surface area contributed by atoms with Gasteiger partial charge in [-0.2, -0.15) is 0 Å². The van der Waals surface area contributed by atoms with Crippen LogP contribution >= 0.6 is 31.9 Å². The largest absolute Gasteiger partial charge is 0.314 e. The summed E-state index contributed by atoms with van der Waals surface area (Å²) in [5, 5.41) is 3.14. The normalized spacial score (nSPS) is 13.4. The molecule has 1 aromatic heterocycles. The highest BCUT2D eigenvalue weighted by molar-refractivity contribution is 9.11. The van der Waals surface area contributed by atoms with E-state index in [9.17, 15) is 0 Å². The summed E-state index contributed by atoms with van der Waals surface area (Å²) in [6.45, 7) is 2.10. The van der Waals surface area contributed by atoms with Crippen LogP contribution in [0.4, 0.5) is 0 Å². The molecule has 1 atom stereocenters. The van der Waals surface area contributed by atoms with Crippen molar-refractivity contribution in [3.63, 3.8) is 0 Å². The third-order valence-electron chi connectivity index (χ3n) is 1.90. The molecular formula is C10H12Br2N2. The Kier molecular flexibility index (Phi) is 4.78. The van der Waals surface area contributed by atoms with Gasteiger partial charge in [-0.15, -0.1) is 0 Å². The van der Waals surface area contributed by atoms with Crippen LogP contribution in [-0.2, 0) is 0 Å². The van der Waals surface area contributed by atoms with Crippen molar-refractivity contribution in [1.82, 2.24) is 10.3 Å². The second kappa shape index (κ2) is 5.63. The van der Waals surface area contributed by atoms with Gasteiger partial charge in [-0.3, -0.25) is 4.98 Å². The summed E-state index contributed by atoms with van der Waals surface area (Å²) in [7, 11) is 1.94. The Bertz CT molecular complexity index is 317. The molecule has 0 fully saturated rings. The first-order chi connectivity index (χ1) is 6.65. The molecule has 0 spiro atoms. The third-order valence-corrected chi connectivity index (χ3v) is 3.16. The second-order valence-corrected chi connectivity index (χ2v) is 4.66. The first kappa shape index (κ1) is 11.9. The van der Waals surface area contributed by atoms with Gasteiger partial charge < -0.3 is 5.32 Å². The van der Waals surface area contributed by atoms with E-state index in [1.165, 1.54) is 0 Å². The maximum absolute atomic E-state index is 4.05. The average Bonchev–Trinajstić information content (AvgIpc) is 2.16. The van der Waals surface area contributed by atoms with Crippen molar-refractivity contribution in [1.29, 1.82) is 0 Å². The minimum atomic E-state index is 0.363. The van der Waals surface area contributed by atoms with Gasteiger partial charge in [-0.25, -0.2) is 0 Å². The Balaban J connectivity index is 2.91. The van der Waals surface area contributed by atoms with Crippen LogP contribution in [-0.4, -0.2) is 18.1 Å². The van der Waals surface area contributed by atoms with E-state index in [-0.39, 0.29) is 0 Å². The molecule has 0 aromatic carbocycles. The van der Waals surface area contributed by atoms with Crippen LogP contribution in [0.1, 0.15) is 12.5 Å². The van der Waals surface area contributed by atoms with Crippen LogP contribution in [0.15, 0.2) is 27.4 Å². The van der Waals surface area contributed by atoms with Crippen LogP contribution in [0.5, 0.6) is 0 Å². The SMILES string of the molecule is CNC(C)/C=C/c1c(Br)cncc1Br. The maximum atomic E-state index is 4.05. The van der Waals surface area contributed by atoms with Crippen molar-refractivity contribution in [2.24, 2.45) is 0 Å². The van der Waals surface area contributed by atoms with Crippen molar-refractivity contribution in [3.05, 3.63) is 33.0 Å². The highest BCUT2D eigenvalue weighted by Gasteiger charge is 2.01. The van der Waals surface area contributed by atoms with Gasteiger partial charge in [0.05, 0.1) is 0 Å². The van der Waals surface area contributed by atoms with Crippen LogP contribution in [0, 0.1) is 0 Å². The van der Waals surface area contributed by atoms with Crippen molar-refractivity contribution >= 4 is 37.9 Å². The molecule has 0 amide bonds. The van der Waals surface area contributed by atoms with Gasteiger partial charge in [-0.1, -0.05) is 12.2 Å². The lowest BCUT2D eigenvalue weighted by molar-refractivity contribution is 0.731. The van der Waals surface area contributed by atoms with Crippen LogP contribution in [0.3, 0.4) is 0 Å². The fourth-order valence-corrected chi connectivity index (χ4v) is 2.11. The molecule has 0 saturated carbocycles.